The third kappa shape index (κ3) is 1.67. The Labute approximate surface area is 75.0 Å². The van der Waals surface area contributed by atoms with Crippen molar-refractivity contribution < 1.29 is 8.78 Å². The Balaban J connectivity index is 2.29. The molecular weight excluding hydrogens is 174 g/mol. The average Bonchev–Trinajstić information content (AvgIpc) is 2.56. The second kappa shape index (κ2) is 3.38. The molecule has 2 rings (SSSR count). The minimum Gasteiger partial charge on any atom is -0.309 e. The van der Waals surface area contributed by atoms with Crippen molar-refractivity contribution >= 4 is 0 Å². The Bertz CT molecular complexity index is 308. The molecule has 70 valence electrons. The van der Waals surface area contributed by atoms with Gasteiger partial charge in [0.25, 0.3) is 0 Å². The number of halogens is 2. The molecule has 0 bridgehead atoms. The van der Waals surface area contributed by atoms with E-state index in [0.717, 1.165) is 31.6 Å². The van der Waals surface area contributed by atoms with E-state index in [0.29, 0.717) is 5.69 Å². The third-order valence-electron chi connectivity index (χ3n) is 2.23. The first kappa shape index (κ1) is 8.56. The number of hydrogen-bond acceptors (Lipinski definition) is 2. The molecular formula is C9H10F2N2. The van der Waals surface area contributed by atoms with Crippen molar-refractivity contribution in [2.24, 2.45) is 0 Å². The fourth-order valence-corrected chi connectivity index (χ4v) is 1.60. The topological polar surface area (TPSA) is 24.9 Å². The lowest BCUT2D eigenvalue weighted by molar-refractivity contribution is 0.520. The quantitative estimate of drug-likeness (QED) is 0.719. The van der Waals surface area contributed by atoms with Crippen LogP contribution in [0, 0.1) is 11.6 Å². The molecule has 0 amide bonds. The molecule has 1 saturated heterocycles. The molecule has 1 fully saturated rings. The summed E-state index contributed by atoms with van der Waals surface area (Å²) in [4.78, 5) is 3.75. The van der Waals surface area contributed by atoms with Crippen LogP contribution in [-0.4, -0.2) is 11.5 Å². The van der Waals surface area contributed by atoms with E-state index >= 15 is 0 Å². The van der Waals surface area contributed by atoms with Gasteiger partial charge in [-0.15, -0.1) is 0 Å². The predicted octanol–water partition coefficient (Wildman–Crippen LogP) is 1.78. The SMILES string of the molecule is Fc1cnc(C2CCCN2)c(F)c1. The standard InChI is InChI=1S/C9H10F2N2/c10-6-4-7(11)9(13-5-6)8-2-1-3-12-8/h4-5,8,12H,1-3H2. The van der Waals surface area contributed by atoms with E-state index in [4.69, 9.17) is 0 Å². The minimum absolute atomic E-state index is 0.0411. The molecule has 0 aliphatic carbocycles. The van der Waals surface area contributed by atoms with E-state index in [2.05, 4.69) is 10.3 Å². The van der Waals surface area contributed by atoms with Crippen LogP contribution in [0.3, 0.4) is 0 Å². The molecule has 1 N–H and O–H groups in total. The summed E-state index contributed by atoms with van der Waals surface area (Å²) in [6.45, 7) is 0.878. The van der Waals surface area contributed by atoms with Crippen LogP contribution in [-0.2, 0) is 0 Å². The number of nitrogens with one attached hydrogen (secondary N) is 1. The smallest absolute Gasteiger partial charge is 0.149 e. The van der Waals surface area contributed by atoms with Crippen LogP contribution in [0.1, 0.15) is 24.6 Å². The molecule has 1 aliphatic heterocycles. The zero-order chi connectivity index (χ0) is 9.26. The first-order valence-corrected chi connectivity index (χ1v) is 4.31. The highest BCUT2D eigenvalue weighted by atomic mass is 19.1. The van der Waals surface area contributed by atoms with Gasteiger partial charge in [0.15, 0.2) is 0 Å². The van der Waals surface area contributed by atoms with E-state index in [9.17, 15) is 8.78 Å². The molecule has 1 atom stereocenters. The zero-order valence-corrected chi connectivity index (χ0v) is 7.06. The molecule has 0 spiro atoms. The first-order chi connectivity index (χ1) is 6.27. The van der Waals surface area contributed by atoms with Crippen LogP contribution in [0.15, 0.2) is 12.3 Å². The van der Waals surface area contributed by atoms with Gasteiger partial charge in [-0.1, -0.05) is 0 Å². The van der Waals surface area contributed by atoms with Crippen LogP contribution >= 0.6 is 0 Å². The predicted molar refractivity (Wildman–Crippen MR) is 44.1 cm³/mol. The van der Waals surface area contributed by atoms with Gasteiger partial charge >= 0.3 is 0 Å². The van der Waals surface area contributed by atoms with Gasteiger partial charge in [0.1, 0.15) is 11.6 Å². The van der Waals surface area contributed by atoms with Gasteiger partial charge < -0.3 is 5.32 Å². The second-order valence-electron chi connectivity index (χ2n) is 3.17. The fraction of sp³-hybridized carbons (Fsp3) is 0.444. The minimum atomic E-state index is -0.626. The molecule has 0 radical (unpaired) electrons. The number of aromatic nitrogens is 1. The Morgan fingerprint density at radius 2 is 2.31 bits per heavy atom. The van der Waals surface area contributed by atoms with Crippen LogP contribution in [0.5, 0.6) is 0 Å². The van der Waals surface area contributed by atoms with Gasteiger partial charge in [0.2, 0.25) is 0 Å². The van der Waals surface area contributed by atoms with E-state index in [1.807, 2.05) is 0 Å². The molecule has 0 saturated carbocycles. The number of nitrogens with zero attached hydrogens (tertiary/aromatic N) is 1. The monoisotopic (exact) mass is 184 g/mol. The van der Waals surface area contributed by atoms with Crippen molar-refractivity contribution in [1.82, 2.24) is 10.3 Å². The average molecular weight is 184 g/mol. The van der Waals surface area contributed by atoms with Gasteiger partial charge in [0.05, 0.1) is 17.9 Å². The number of pyridine rings is 1. The summed E-state index contributed by atoms with van der Waals surface area (Å²) in [7, 11) is 0. The van der Waals surface area contributed by atoms with Crippen molar-refractivity contribution in [2.75, 3.05) is 6.54 Å². The molecule has 13 heavy (non-hydrogen) atoms. The van der Waals surface area contributed by atoms with Crippen LogP contribution in [0.25, 0.3) is 0 Å². The maximum Gasteiger partial charge on any atom is 0.149 e. The largest absolute Gasteiger partial charge is 0.309 e. The summed E-state index contributed by atoms with van der Waals surface area (Å²) < 4.78 is 25.7. The summed E-state index contributed by atoms with van der Waals surface area (Å²) >= 11 is 0. The normalized spacial score (nSPS) is 22.2. The van der Waals surface area contributed by atoms with Crippen molar-refractivity contribution in [1.29, 1.82) is 0 Å². The highest BCUT2D eigenvalue weighted by molar-refractivity contribution is 5.13. The van der Waals surface area contributed by atoms with Gasteiger partial charge in [-0.05, 0) is 19.4 Å². The molecule has 2 nitrogen and oxygen atoms in total. The Kier molecular flexibility index (Phi) is 2.22. The lowest BCUT2D eigenvalue weighted by Gasteiger charge is -2.09. The highest BCUT2D eigenvalue weighted by Crippen LogP contribution is 2.23. The summed E-state index contributed by atoms with van der Waals surface area (Å²) in [6, 6.07) is 0.836. The van der Waals surface area contributed by atoms with E-state index < -0.39 is 11.6 Å². The lowest BCUT2D eigenvalue weighted by atomic mass is 10.1. The van der Waals surface area contributed by atoms with Gasteiger partial charge in [0, 0.05) is 6.07 Å². The maximum absolute atomic E-state index is 13.2. The summed E-state index contributed by atoms with van der Waals surface area (Å²) in [5.74, 6) is -1.18. The summed E-state index contributed by atoms with van der Waals surface area (Å²) in [5.41, 5.74) is 0.332. The maximum atomic E-state index is 13.2. The van der Waals surface area contributed by atoms with Crippen molar-refractivity contribution in [3.8, 4) is 0 Å². The van der Waals surface area contributed by atoms with Gasteiger partial charge in [-0.2, -0.15) is 0 Å². The lowest BCUT2D eigenvalue weighted by Crippen LogP contribution is -2.15. The molecule has 1 aliphatic rings. The van der Waals surface area contributed by atoms with E-state index in [1.54, 1.807) is 0 Å². The molecule has 2 heterocycles. The highest BCUT2D eigenvalue weighted by Gasteiger charge is 2.20. The Morgan fingerprint density at radius 1 is 1.46 bits per heavy atom. The molecule has 1 unspecified atom stereocenters. The fourth-order valence-electron chi connectivity index (χ4n) is 1.60. The van der Waals surface area contributed by atoms with Crippen molar-refractivity contribution in [2.45, 2.75) is 18.9 Å². The summed E-state index contributed by atoms with van der Waals surface area (Å²) in [6.07, 6.45) is 2.94. The van der Waals surface area contributed by atoms with Crippen LogP contribution in [0.2, 0.25) is 0 Å². The molecule has 4 heteroatoms. The molecule has 0 aromatic carbocycles. The van der Waals surface area contributed by atoms with Crippen molar-refractivity contribution in [3.05, 3.63) is 29.6 Å². The van der Waals surface area contributed by atoms with E-state index in [-0.39, 0.29) is 6.04 Å². The zero-order valence-electron chi connectivity index (χ0n) is 7.06. The first-order valence-electron chi connectivity index (χ1n) is 4.31. The molecule has 1 aromatic heterocycles. The Hall–Kier alpha value is -1.03. The molecule has 1 aromatic rings. The number of hydrogen-bond donors (Lipinski definition) is 1. The van der Waals surface area contributed by atoms with Crippen molar-refractivity contribution in [3.63, 3.8) is 0 Å². The summed E-state index contributed by atoms with van der Waals surface area (Å²) in [5, 5.41) is 3.11. The Morgan fingerprint density at radius 3 is 2.92 bits per heavy atom. The number of rotatable bonds is 1. The third-order valence-corrected chi connectivity index (χ3v) is 2.23. The van der Waals surface area contributed by atoms with E-state index in [1.165, 1.54) is 0 Å². The van der Waals surface area contributed by atoms with Gasteiger partial charge in [-0.3, -0.25) is 4.98 Å². The second-order valence-corrected chi connectivity index (χ2v) is 3.17. The van der Waals surface area contributed by atoms with Crippen LogP contribution < -0.4 is 5.32 Å². The van der Waals surface area contributed by atoms with Crippen LogP contribution in [0.4, 0.5) is 8.78 Å². The van der Waals surface area contributed by atoms with Gasteiger partial charge in [-0.25, -0.2) is 8.78 Å².